The van der Waals surface area contributed by atoms with Gasteiger partial charge in [-0.2, -0.15) is 0 Å². The van der Waals surface area contributed by atoms with Gasteiger partial charge in [0.15, 0.2) is 15.8 Å². The molecule has 0 unspecified atom stereocenters. The molecule has 0 spiro atoms. The maximum Gasteiger partial charge on any atom is 0.270 e. The van der Waals surface area contributed by atoms with Crippen LogP contribution < -0.4 is 19.1 Å². The Bertz CT molecular complexity index is 1180. The van der Waals surface area contributed by atoms with Gasteiger partial charge in [-0.15, -0.1) is 0 Å². The van der Waals surface area contributed by atoms with Crippen LogP contribution in [0.2, 0.25) is 0 Å². The molecule has 0 atom stereocenters. The summed E-state index contributed by atoms with van der Waals surface area (Å²) in [6.45, 7) is 2.79. The number of rotatable bonds is 8. The molecule has 0 N–H and O–H groups in total. The normalized spacial score (nSPS) is 14.6. The zero-order chi connectivity index (χ0) is 23.2. The molecule has 5 nitrogen and oxygen atoms in total. The number of thiocarbonyl (C=S) groups is 1. The van der Waals surface area contributed by atoms with Gasteiger partial charge in [0.25, 0.3) is 5.91 Å². The van der Waals surface area contributed by atoms with Gasteiger partial charge >= 0.3 is 0 Å². The Morgan fingerprint density at radius 2 is 1.67 bits per heavy atom. The third-order valence-electron chi connectivity index (χ3n) is 4.91. The highest BCUT2D eigenvalue weighted by Crippen LogP contribution is 2.36. The van der Waals surface area contributed by atoms with E-state index < -0.39 is 0 Å². The van der Waals surface area contributed by atoms with Gasteiger partial charge in [0.2, 0.25) is 0 Å². The lowest BCUT2D eigenvalue weighted by Gasteiger charge is -2.13. The van der Waals surface area contributed by atoms with E-state index in [0.717, 1.165) is 22.6 Å². The number of carbonyl (C=O) groups is 1. The van der Waals surface area contributed by atoms with Gasteiger partial charge in [-0.3, -0.25) is 9.69 Å². The second-order valence-electron chi connectivity index (χ2n) is 7.27. The Morgan fingerprint density at radius 3 is 2.39 bits per heavy atom. The smallest absolute Gasteiger partial charge is 0.270 e. The Balaban J connectivity index is 1.33. The Hall–Kier alpha value is -3.29. The van der Waals surface area contributed by atoms with E-state index in [1.165, 1.54) is 11.8 Å². The molecule has 168 valence electrons. The van der Waals surface area contributed by atoms with Crippen molar-refractivity contribution in [2.75, 3.05) is 25.2 Å². The topological polar surface area (TPSA) is 48.0 Å². The molecule has 1 heterocycles. The van der Waals surface area contributed by atoms with Crippen molar-refractivity contribution in [3.05, 3.63) is 88.8 Å². The van der Waals surface area contributed by atoms with Crippen LogP contribution in [0.5, 0.6) is 17.2 Å². The second-order valence-corrected chi connectivity index (χ2v) is 8.95. The van der Waals surface area contributed by atoms with Crippen LogP contribution in [0.15, 0.2) is 77.7 Å². The van der Waals surface area contributed by atoms with Gasteiger partial charge < -0.3 is 14.2 Å². The maximum atomic E-state index is 12.8. The zero-order valence-electron chi connectivity index (χ0n) is 18.3. The standard InChI is InChI=1S/C26H23NO4S2/c1-18-8-13-22(23(16-18)29-2)31-15-14-30-21-11-9-19(10-12-21)17-24-25(28)27(26(32)33-24)20-6-4-3-5-7-20/h3-13,16-17H,14-15H2,1-2H3. The number of hydrogen-bond donors (Lipinski definition) is 0. The summed E-state index contributed by atoms with van der Waals surface area (Å²) in [6, 6.07) is 22.8. The summed E-state index contributed by atoms with van der Waals surface area (Å²) in [7, 11) is 1.62. The number of hydrogen-bond acceptors (Lipinski definition) is 6. The summed E-state index contributed by atoms with van der Waals surface area (Å²) in [5, 5.41) is 0. The number of amides is 1. The molecule has 1 aliphatic heterocycles. The maximum absolute atomic E-state index is 12.8. The first-order valence-electron chi connectivity index (χ1n) is 10.4. The Labute approximate surface area is 203 Å². The second kappa shape index (κ2) is 10.6. The van der Waals surface area contributed by atoms with Crippen LogP contribution in [0.25, 0.3) is 6.08 Å². The first kappa shape index (κ1) is 22.9. The quantitative estimate of drug-likeness (QED) is 0.230. The van der Waals surface area contributed by atoms with Crippen molar-refractivity contribution in [1.29, 1.82) is 0 Å². The van der Waals surface area contributed by atoms with E-state index in [9.17, 15) is 4.79 Å². The number of aryl methyl sites for hydroxylation is 1. The van der Waals surface area contributed by atoms with E-state index in [2.05, 4.69) is 0 Å². The molecule has 33 heavy (non-hydrogen) atoms. The molecule has 0 aromatic heterocycles. The van der Waals surface area contributed by atoms with Crippen molar-refractivity contribution >= 4 is 46.0 Å². The van der Waals surface area contributed by atoms with Crippen LogP contribution in [0, 0.1) is 6.92 Å². The molecule has 1 saturated heterocycles. The lowest BCUT2D eigenvalue weighted by Crippen LogP contribution is -2.27. The molecular weight excluding hydrogens is 454 g/mol. The number of anilines is 1. The minimum Gasteiger partial charge on any atom is -0.493 e. The van der Waals surface area contributed by atoms with Crippen LogP contribution in [0.4, 0.5) is 5.69 Å². The van der Waals surface area contributed by atoms with Gasteiger partial charge in [-0.1, -0.05) is 60.4 Å². The van der Waals surface area contributed by atoms with Gasteiger partial charge in [0.1, 0.15) is 19.0 Å². The average Bonchev–Trinajstić information content (AvgIpc) is 3.11. The lowest BCUT2D eigenvalue weighted by atomic mass is 10.2. The minimum atomic E-state index is -0.111. The fourth-order valence-electron chi connectivity index (χ4n) is 3.28. The van der Waals surface area contributed by atoms with Crippen LogP contribution in [0.3, 0.4) is 0 Å². The molecule has 1 fully saturated rings. The van der Waals surface area contributed by atoms with Crippen molar-refractivity contribution in [2.24, 2.45) is 0 Å². The number of ether oxygens (including phenoxy) is 3. The SMILES string of the molecule is COc1cc(C)ccc1OCCOc1ccc(C=C2SC(=S)N(c3ccccc3)C2=O)cc1. The van der Waals surface area contributed by atoms with E-state index in [1.807, 2.05) is 85.8 Å². The van der Waals surface area contributed by atoms with E-state index in [-0.39, 0.29) is 5.91 Å². The average molecular weight is 478 g/mol. The molecule has 0 bridgehead atoms. The number of para-hydroxylation sites is 1. The summed E-state index contributed by atoms with van der Waals surface area (Å²) in [5.74, 6) is 2.01. The highest BCUT2D eigenvalue weighted by Gasteiger charge is 2.33. The van der Waals surface area contributed by atoms with Crippen LogP contribution in [0.1, 0.15) is 11.1 Å². The fraction of sp³-hybridized carbons (Fsp3) is 0.154. The summed E-state index contributed by atoms with van der Waals surface area (Å²) in [6.07, 6.45) is 1.85. The molecule has 3 aromatic carbocycles. The Morgan fingerprint density at radius 1 is 0.939 bits per heavy atom. The minimum absolute atomic E-state index is 0.111. The molecule has 4 rings (SSSR count). The molecule has 7 heteroatoms. The first-order chi connectivity index (χ1) is 16.0. The Kier molecular flexibility index (Phi) is 7.32. The number of benzene rings is 3. The van der Waals surface area contributed by atoms with E-state index in [1.54, 1.807) is 12.0 Å². The molecule has 0 radical (unpaired) electrons. The van der Waals surface area contributed by atoms with Crippen molar-refractivity contribution < 1.29 is 19.0 Å². The van der Waals surface area contributed by atoms with Crippen molar-refractivity contribution in [1.82, 2.24) is 0 Å². The summed E-state index contributed by atoms with van der Waals surface area (Å²) in [4.78, 5) is 15.0. The summed E-state index contributed by atoms with van der Waals surface area (Å²) >= 11 is 6.72. The van der Waals surface area contributed by atoms with Crippen molar-refractivity contribution in [2.45, 2.75) is 6.92 Å². The highest BCUT2D eigenvalue weighted by atomic mass is 32.2. The van der Waals surface area contributed by atoms with Crippen molar-refractivity contribution in [3.8, 4) is 17.2 Å². The molecular formula is C26H23NO4S2. The molecule has 1 amide bonds. The predicted octanol–water partition coefficient (Wildman–Crippen LogP) is 5.87. The van der Waals surface area contributed by atoms with E-state index in [0.29, 0.717) is 33.9 Å². The summed E-state index contributed by atoms with van der Waals surface area (Å²) < 4.78 is 17.4. The predicted molar refractivity (Wildman–Crippen MR) is 137 cm³/mol. The van der Waals surface area contributed by atoms with Crippen LogP contribution >= 0.6 is 24.0 Å². The number of methoxy groups -OCH3 is 1. The molecule has 1 aliphatic rings. The first-order valence-corrected chi connectivity index (χ1v) is 11.6. The van der Waals surface area contributed by atoms with Crippen molar-refractivity contribution in [3.63, 3.8) is 0 Å². The van der Waals surface area contributed by atoms with E-state index >= 15 is 0 Å². The molecule has 0 saturated carbocycles. The highest BCUT2D eigenvalue weighted by molar-refractivity contribution is 8.27. The van der Waals surface area contributed by atoms with E-state index in [4.69, 9.17) is 26.4 Å². The summed E-state index contributed by atoms with van der Waals surface area (Å²) in [5.41, 5.74) is 2.78. The zero-order valence-corrected chi connectivity index (χ0v) is 19.9. The third kappa shape index (κ3) is 5.56. The largest absolute Gasteiger partial charge is 0.493 e. The van der Waals surface area contributed by atoms with Gasteiger partial charge in [0.05, 0.1) is 17.7 Å². The third-order valence-corrected chi connectivity index (χ3v) is 6.22. The van der Waals surface area contributed by atoms with Gasteiger partial charge in [0, 0.05) is 0 Å². The van der Waals surface area contributed by atoms with Crippen LogP contribution in [-0.2, 0) is 4.79 Å². The lowest BCUT2D eigenvalue weighted by molar-refractivity contribution is -0.113. The number of thioether (sulfide) groups is 1. The van der Waals surface area contributed by atoms with Crippen LogP contribution in [-0.4, -0.2) is 30.6 Å². The fourth-order valence-corrected chi connectivity index (χ4v) is 4.58. The molecule has 0 aliphatic carbocycles. The van der Waals surface area contributed by atoms with Gasteiger partial charge in [-0.25, -0.2) is 0 Å². The van der Waals surface area contributed by atoms with Gasteiger partial charge in [-0.05, 0) is 60.5 Å². The molecule has 3 aromatic rings. The number of carbonyl (C=O) groups excluding carboxylic acids is 1. The monoisotopic (exact) mass is 477 g/mol. The number of nitrogens with zero attached hydrogens (tertiary/aromatic N) is 1.